The first-order chi connectivity index (χ1) is 9.74. The van der Waals surface area contributed by atoms with Crippen LogP contribution in [0.4, 0.5) is 0 Å². The Morgan fingerprint density at radius 1 is 1.45 bits per heavy atom. The largest absolute Gasteiger partial charge is 0.496 e. The Balaban J connectivity index is 2.18. The molecule has 0 amide bonds. The first-order valence-electron chi connectivity index (χ1n) is 5.98. The van der Waals surface area contributed by atoms with Crippen molar-refractivity contribution in [2.75, 3.05) is 13.7 Å². The molecule has 1 heterocycles. The lowest BCUT2D eigenvalue weighted by atomic mass is 10.1. The summed E-state index contributed by atoms with van der Waals surface area (Å²) in [5.41, 5.74) is 1.89. The molecule has 20 heavy (non-hydrogen) atoms. The van der Waals surface area contributed by atoms with Gasteiger partial charge >= 0.3 is 0 Å². The van der Waals surface area contributed by atoms with E-state index in [1.807, 2.05) is 25.2 Å². The Bertz CT molecular complexity index is 643. The summed E-state index contributed by atoms with van der Waals surface area (Å²) in [6.45, 7) is -0.144. The second kappa shape index (κ2) is 6.98. The molecule has 2 aromatic rings. The molecule has 0 aliphatic rings. The van der Waals surface area contributed by atoms with Gasteiger partial charge in [0.2, 0.25) is 0 Å². The molecule has 0 aliphatic carbocycles. The van der Waals surface area contributed by atoms with E-state index in [1.54, 1.807) is 23.6 Å². The molecule has 1 aromatic carbocycles. The normalized spacial score (nSPS) is 9.95. The fraction of sp³-hybridized carbons (Fsp3) is 0.286. The van der Waals surface area contributed by atoms with E-state index in [9.17, 15) is 0 Å². The lowest BCUT2D eigenvalue weighted by Gasteiger charge is -2.08. The third-order valence-corrected chi connectivity index (χ3v) is 3.70. The zero-order valence-electron chi connectivity index (χ0n) is 11.3. The van der Waals surface area contributed by atoms with E-state index in [2.05, 4.69) is 21.9 Å². The Hall–Kier alpha value is -1.97. The van der Waals surface area contributed by atoms with E-state index in [0.717, 1.165) is 22.0 Å². The topological polar surface area (TPSA) is 60.2 Å². The molecule has 0 fully saturated rings. The SMILES string of the molecule is COc1ccc(C#CCO)cc1CSc1ncnn1C. The van der Waals surface area contributed by atoms with Crippen LogP contribution in [0.3, 0.4) is 0 Å². The molecule has 0 aliphatic heterocycles. The van der Waals surface area contributed by atoms with E-state index in [0.29, 0.717) is 5.75 Å². The van der Waals surface area contributed by atoms with Crippen molar-refractivity contribution in [3.63, 3.8) is 0 Å². The van der Waals surface area contributed by atoms with E-state index in [1.165, 1.54) is 6.33 Å². The maximum Gasteiger partial charge on any atom is 0.186 e. The molecule has 0 spiro atoms. The van der Waals surface area contributed by atoms with Crippen LogP contribution in [0.2, 0.25) is 0 Å². The van der Waals surface area contributed by atoms with Gasteiger partial charge in [0.05, 0.1) is 7.11 Å². The average Bonchev–Trinajstić information content (AvgIpc) is 2.88. The number of nitrogens with zero attached hydrogens (tertiary/aromatic N) is 3. The van der Waals surface area contributed by atoms with Crippen LogP contribution in [0, 0.1) is 11.8 Å². The van der Waals surface area contributed by atoms with Crippen LogP contribution in [0.15, 0.2) is 29.7 Å². The van der Waals surface area contributed by atoms with Crippen LogP contribution in [0.1, 0.15) is 11.1 Å². The lowest BCUT2D eigenvalue weighted by Crippen LogP contribution is -1.95. The number of methoxy groups -OCH3 is 1. The zero-order valence-corrected chi connectivity index (χ0v) is 12.1. The second-order valence-electron chi connectivity index (χ2n) is 3.94. The molecule has 0 unspecified atom stereocenters. The van der Waals surface area contributed by atoms with Crippen molar-refractivity contribution in [2.45, 2.75) is 10.9 Å². The molecule has 104 valence electrons. The lowest BCUT2D eigenvalue weighted by molar-refractivity contribution is 0.350. The van der Waals surface area contributed by atoms with Gasteiger partial charge in [-0.1, -0.05) is 23.6 Å². The minimum absolute atomic E-state index is 0.144. The predicted octanol–water partition coefficient (Wildman–Crippen LogP) is 1.46. The van der Waals surface area contributed by atoms with Crippen LogP contribution < -0.4 is 4.74 Å². The van der Waals surface area contributed by atoms with Crippen LogP contribution in [0.25, 0.3) is 0 Å². The predicted molar refractivity (Wildman–Crippen MR) is 77.5 cm³/mol. The number of hydrogen-bond acceptors (Lipinski definition) is 5. The maximum atomic E-state index is 8.74. The summed E-state index contributed by atoms with van der Waals surface area (Å²) < 4.78 is 7.08. The minimum Gasteiger partial charge on any atom is -0.496 e. The molecule has 2 rings (SSSR count). The van der Waals surface area contributed by atoms with Gasteiger partial charge in [-0.25, -0.2) is 9.67 Å². The van der Waals surface area contributed by atoms with Crippen molar-refractivity contribution in [1.82, 2.24) is 14.8 Å². The number of hydrogen-bond donors (Lipinski definition) is 1. The van der Waals surface area contributed by atoms with Gasteiger partial charge in [0.15, 0.2) is 5.16 Å². The summed E-state index contributed by atoms with van der Waals surface area (Å²) >= 11 is 1.58. The number of aliphatic hydroxyl groups excluding tert-OH is 1. The van der Waals surface area contributed by atoms with Crippen molar-refractivity contribution < 1.29 is 9.84 Å². The average molecular weight is 289 g/mol. The highest BCUT2D eigenvalue weighted by Gasteiger charge is 2.07. The van der Waals surface area contributed by atoms with E-state index < -0.39 is 0 Å². The van der Waals surface area contributed by atoms with Crippen molar-refractivity contribution in [3.05, 3.63) is 35.7 Å². The molecule has 0 bridgehead atoms. The molecule has 0 saturated carbocycles. The molecule has 0 atom stereocenters. The Morgan fingerprint density at radius 3 is 2.95 bits per heavy atom. The van der Waals surface area contributed by atoms with Gasteiger partial charge in [-0.3, -0.25) is 0 Å². The standard InChI is InChI=1S/C14H15N3O2S/c1-17-14(15-10-16-17)20-9-12-8-11(4-3-7-18)5-6-13(12)19-2/h5-6,8,10,18H,7,9H2,1-2H3. The minimum atomic E-state index is -0.144. The highest BCUT2D eigenvalue weighted by atomic mass is 32.2. The van der Waals surface area contributed by atoms with E-state index in [4.69, 9.17) is 9.84 Å². The third-order valence-electron chi connectivity index (χ3n) is 2.62. The van der Waals surface area contributed by atoms with Crippen molar-refractivity contribution >= 4 is 11.8 Å². The van der Waals surface area contributed by atoms with Crippen LogP contribution in [-0.2, 0) is 12.8 Å². The van der Waals surface area contributed by atoms with E-state index in [-0.39, 0.29) is 6.61 Å². The first kappa shape index (κ1) is 14.4. The zero-order chi connectivity index (χ0) is 14.4. The quantitative estimate of drug-likeness (QED) is 0.682. The summed E-state index contributed by atoms with van der Waals surface area (Å²) in [7, 11) is 3.50. The fourth-order valence-electron chi connectivity index (χ4n) is 1.67. The van der Waals surface area contributed by atoms with Crippen molar-refractivity contribution in [2.24, 2.45) is 7.05 Å². The van der Waals surface area contributed by atoms with Crippen LogP contribution in [-0.4, -0.2) is 33.6 Å². The van der Waals surface area contributed by atoms with Gasteiger partial charge in [0, 0.05) is 23.9 Å². The Morgan fingerprint density at radius 2 is 2.30 bits per heavy atom. The molecule has 5 nitrogen and oxygen atoms in total. The molecular formula is C14H15N3O2S. The third kappa shape index (κ3) is 3.53. The fourth-order valence-corrected chi connectivity index (χ4v) is 2.54. The number of ether oxygens (including phenoxy) is 1. The van der Waals surface area contributed by atoms with Gasteiger partial charge in [-0.05, 0) is 18.2 Å². The number of benzene rings is 1. The van der Waals surface area contributed by atoms with Gasteiger partial charge < -0.3 is 9.84 Å². The number of aryl methyl sites for hydroxylation is 1. The highest BCUT2D eigenvalue weighted by molar-refractivity contribution is 7.98. The molecule has 0 saturated heterocycles. The second-order valence-corrected chi connectivity index (χ2v) is 4.88. The molecular weight excluding hydrogens is 274 g/mol. The summed E-state index contributed by atoms with van der Waals surface area (Å²) in [6, 6.07) is 5.72. The summed E-state index contributed by atoms with van der Waals surface area (Å²) in [5, 5.41) is 13.6. The summed E-state index contributed by atoms with van der Waals surface area (Å²) in [6.07, 6.45) is 1.53. The van der Waals surface area contributed by atoms with Gasteiger partial charge in [-0.2, -0.15) is 5.10 Å². The van der Waals surface area contributed by atoms with Crippen molar-refractivity contribution in [1.29, 1.82) is 0 Å². The van der Waals surface area contributed by atoms with E-state index >= 15 is 0 Å². The number of aliphatic hydroxyl groups is 1. The van der Waals surface area contributed by atoms with Gasteiger partial charge in [-0.15, -0.1) is 0 Å². The number of thioether (sulfide) groups is 1. The molecule has 1 aromatic heterocycles. The van der Waals surface area contributed by atoms with Crippen LogP contribution in [0.5, 0.6) is 5.75 Å². The van der Waals surface area contributed by atoms with Gasteiger partial charge in [0.1, 0.15) is 18.7 Å². The molecule has 6 heteroatoms. The Kier molecular flexibility index (Phi) is 5.04. The summed E-state index contributed by atoms with van der Waals surface area (Å²) in [4.78, 5) is 4.17. The Labute approximate surface area is 122 Å². The van der Waals surface area contributed by atoms with Crippen LogP contribution >= 0.6 is 11.8 Å². The monoisotopic (exact) mass is 289 g/mol. The first-order valence-corrected chi connectivity index (χ1v) is 6.96. The molecule has 0 radical (unpaired) electrons. The van der Waals surface area contributed by atoms with Crippen molar-refractivity contribution in [3.8, 4) is 17.6 Å². The number of rotatable bonds is 4. The van der Waals surface area contributed by atoms with Gasteiger partial charge in [0.25, 0.3) is 0 Å². The smallest absolute Gasteiger partial charge is 0.186 e. The summed E-state index contributed by atoms with van der Waals surface area (Å²) in [5.74, 6) is 7.06. The highest BCUT2D eigenvalue weighted by Crippen LogP contribution is 2.27. The maximum absolute atomic E-state index is 8.74. The molecule has 1 N–H and O–H groups in total. The number of aromatic nitrogens is 3.